The van der Waals surface area contributed by atoms with Crippen LogP contribution in [0.15, 0.2) is 71.4 Å². The summed E-state index contributed by atoms with van der Waals surface area (Å²) in [5, 5.41) is 8.04. The molecule has 6 nitrogen and oxygen atoms in total. The molecule has 3 heterocycles. The van der Waals surface area contributed by atoms with Crippen LogP contribution in [0.1, 0.15) is 21.8 Å². The summed E-state index contributed by atoms with van der Waals surface area (Å²) in [6.45, 7) is 2.22. The molecule has 0 radical (unpaired) electrons. The number of nitrogens with one attached hydrogen (secondary N) is 1. The fourth-order valence-corrected chi connectivity index (χ4v) is 3.00. The highest BCUT2D eigenvalue weighted by Crippen LogP contribution is 2.24. The van der Waals surface area contributed by atoms with E-state index in [1.807, 2.05) is 43.3 Å². The van der Waals surface area contributed by atoms with Gasteiger partial charge in [0.1, 0.15) is 17.1 Å². The van der Waals surface area contributed by atoms with E-state index in [2.05, 4.69) is 15.4 Å². The van der Waals surface area contributed by atoms with E-state index in [1.54, 1.807) is 35.3 Å². The smallest absolute Gasteiger partial charge is 0.270 e. The molecule has 1 amide bonds. The minimum absolute atomic E-state index is 0.258. The number of hydrogen-bond acceptors (Lipinski definition) is 4. The van der Waals surface area contributed by atoms with E-state index in [0.717, 1.165) is 11.3 Å². The molecule has 0 unspecified atom stereocenters. The number of amides is 1. The molecule has 28 heavy (non-hydrogen) atoms. The zero-order chi connectivity index (χ0) is 19.5. The van der Waals surface area contributed by atoms with Gasteiger partial charge in [-0.05, 0) is 48.9 Å². The van der Waals surface area contributed by atoms with Crippen LogP contribution in [0.2, 0.25) is 5.02 Å². The van der Waals surface area contributed by atoms with Crippen molar-refractivity contribution in [2.24, 2.45) is 0 Å². The minimum atomic E-state index is -0.258. The number of pyridine rings is 1. The Balaban J connectivity index is 1.69. The number of carbonyl (C=O) groups excluding carboxylic acids is 1. The van der Waals surface area contributed by atoms with Gasteiger partial charge >= 0.3 is 0 Å². The van der Waals surface area contributed by atoms with Crippen molar-refractivity contribution in [3.8, 4) is 17.1 Å². The van der Waals surface area contributed by atoms with Crippen LogP contribution in [0.3, 0.4) is 0 Å². The van der Waals surface area contributed by atoms with Gasteiger partial charge in [0.05, 0.1) is 5.69 Å². The summed E-state index contributed by atoms with van der Waals surface area (Å²) in [6, 6.07) is 16.3. The van der Waals surface area contributed by atoms with E-state index in [-0.39, 0.29) is 5.91 Å². The lowest BCUT2D eigenvalue weighted by Crippen LogP contribution is -2.25. The first kappa shape index (κ1) is 18.0. The van der Waals surface area contributed by atoms with Gasteiger partial charge in [0, 0.05) is 30.0 Å². The SMILES string of the molecule is Cc1ccc(-c2cc(C(=O)NCc3cccnc3)n(-c3cccc(Cl)c3)n2)o1. The molecule has 0 fully saturated rings. The minimum Gasteiger partial charge on any atom is -0.460 e. The van der Waals surface area contributed by atoms with Crippen LogP contribution in [0.5, 0.6) is 0 Å². The van der Waals surface area contributed by atoms with Crippen molar-refractivity contribution >= 4 is 17.5 Å². The van der Waals surface area contributed by atoms with Gasteiger partial charge in [-0.15, -0.1) is 0 Å². The second-order valence-corrected chi connectivity index (χ2v) is 6.70. The van der Waals surface area contributed by atoms with Crippen molar-refractivity contribution < 1.29 is 9.21 Å². The number of nitrogens with zero attached hydrogens (tertiary/aromatic N) is 3. The number of halogens is 1. The maximum absolute atomic E-state index is 12.9. The normalized spacial score (nSPS) is 10.8. The Bertz CT molecular complexity index is 1120. The molecule has 0 atom stereocenters. The lowest BCUT2D eigenvalue weighted by Gasteiger charge is -2.08. The molecule has 1 aromatic carbocycles. The largest absolute Gasteiger partial charge is 0.460 e. The summed E-state index contributed by atoms with van der Waals surface area (Å²) in [4.78, 5) is 17.0. The fraction of sp³-hybridized carbons (Fsp3) is 0.0952. The number of furan rings is 1. The van der Waals surface area contributed by atoms with Gasteiger partial charge in [-0.2, -0.15) is 5.10 Å². The predicted octanol–water partition coefficient (Wildman–Crippen LogP) is 4.42. The highest BCUT2D eigenvalue weighted by molar-refractivity contribution is 6.30. The molecule has 0 saturated heterocycles. The molecular formula is C21H17ClN4O2. The molecular weight excluding hydrogens is 376 g/mol. The second-order valence-electron chi connectivity index (χ2n) is 6.26. The third-order valence-corrected chi connectivity index (χ3v) is 4.40. The summed E-state index contributed by atoms with van der Waals surface area (Å²) < 4.78 is 7.23. The predicted molar refractivity (Wildman–Crippen MR) is 106 cm³/mol. The summed E-state index contributed by atoms with van der Waals surface area (Å²) >= 11 is 6.13. The van der Waals surface area contributed by atoms with Crippen LogP contribution in [0, 0.1) is 6.92 Å². The zero-order valence-electron chi connectivity index (χ0n) is 15.1. The average Bonchev–Trinajstić information content (AvgIpc) is 3.33. The monoisotopic (exact) mass is 392 g/mol. The van der Waals surface area contributed by atoms with E-state index >= 15 is 0 Å². The zero-order valence-corrected chi connectivity index (χ0v) is 15.8. The quantitative estimate of drug-likeness (QED) is 0.545. The van der Waals surface area contributed by atoms with Crippen LogP contribution in [-0.4, -0.2) is 20.7 Å². The van der Waals surface area contributed by atoms with Crippen LogP contribution in [-0.2, 0) is 6.54 Å². The molecule has 0 spiro atoms. The fourth-order valence-electron chi connectivity index (χ4n) is 2.82. The molecule has 4 rings (SSSR count). The Labute approximate surface area is 166 Å². The second kappa shape index (κ2) is 7.70. The van der Waals surface area contributed by atoms with Crippen LogP contribution < -0.4 is 5.32 Å². The summed E-state index contributed by atoms with van der Waals surface area (Å²) in [6.07, 6.45) is 3.41. The van der Waals surface area contributed by atoms with Gasteiger partial charge in [0.2, 0.25) is 0 Å². The summed E-state index contributed by atoms with van der Waals surface area (Å²) in [7, 11) is 0. The number of aryl methyl sites for hydroxylation is 1. The molecule has 3 aromatic heterocycles. The van der Waals surface area contributed by atoms with Crippen LogP contribution in [0.4, 0.5) is 0 Å². The summed E-state index contributed by atoms with van der Waals surface area (Å²) in [5.74, 6) is 1.11. The van der Waals surface area contributed by atoms with E-state index in [1.165, 1.54) is 0 Å². The Morgan fingerprint density at radius 2 is 2.07 bits per heavy atom. The molecule has 1 N–H and O–H groups in total. The first-order valence-electron chi connectivity index (χ1n) is 8.70. The molecule has 0 aliphatic carbocycles. The van der Waals surface area contributed by atoms with Crippen molar-refractivity contribution in [1.29, 1.82) is 0 Å². The average molecular weight is 393 g/mol. The molecule has 140 valence electrons. The van der Waals surface area contributed by atoms with E-state index in [9.17, 15) is 4.79 Å². The van der Waals surface area contributed by atoms with Crippen molar-refractivity contribution in [1.82, 2.24) is 20.1 Å². The van der Waals surface area contributed by atoms with E-state index < -0.39 is 0 Å². The topological polar surface area (TPSA) is 73.0 Å². The maximum Gasteiger partial charge on any atom is 0.270 e. The van der Waals surface area contributed by atoms with Crippen molar-refractivity contribution in [3.05, 3.63) is 89.0 Å². The molecule has 0 aliphatic heterocycles. The highest BCUT2D eigenvalue weighted by Gasteiger charge is 2.19. The number of benzene rings is 1. The van der Waals surface area contributed by atoms with E-state index in [4.69, 9.17) is 16.0 Å². The van der Waals surface area contributed by atoms with Gasteiger partial charge in [-0.1, -0.05) is 23.7 Å². The number of carbonyl (C=O) groups is 1. The van der Waals surface area contributed by atoms with Crippen LogP contribution >= 0.6 is 11.6 Å². The molecule has 0 bridgehead atoms. The first-order valence-corrected chi connectivity index (χ1v) is 9.08. The van der Waals surface area contributed by atoms with Gasteiger partial charge < -0.3 is 9.73 Å². The number of aromatic nitrogens is 3. The third kappa shape index (κ3) is 3.82. The van der Waals surface area contributed by atoms with Crippen molar-refractivity contribution in [2.75, 3.05) is 0 Å². The van der Waals surface area contributed by atoms with Crippen molar-refractivity contribution in [2.45, 2.75) is 13.5 Å². The Hall–Kier alpha value is -3.38. The number of hydrogen-bond donors (Lipinski definition) is 1. The molecule has 0 aliphatic rings. The van der Waals surface area contributed by atoms with Gasteiger partial charge in [0.25, 0.3) is 5.91 Å². The first-order chi connectivity index (χ1) is 13.6. The Morgan fingerprint density at radius 1 is 1.18 bits per heavy atom. The lowest BCUT2D eigenvalue weighted by molar-refractivity contribution is 0.0943. The molecule has 0 saturated carbocycles. The number of rotatable bonds is 5. The van der Waals surface area contributed by atoms with Gasteiger partial charge in [-0.3, -0.25) is 9.78 Å². The Morgan fingerprint density at radius 3 is 2.79 bits per heavy atom. The Kier molecular flexibility index (Phi) is 4.95. The molecule has 4 aromatic rings. The van der Waals surface area contributed by atoms with Gasteiger partial charge in [0.15, 0.2) is 5.76 Å². The standard InChI is InChI=1S/C21H17ClN4O2/c1-14-7-8-20(28-14)18-11-19(21(27)24-13-15-4-3-9-23-12-15)26(25-18)17-6-2-5-16(22)10-17/h2-12H,13H2,1H3,(H,24,27). The van der Waals surface area contributed by atoms with Crippen LogP contribution in [0.25, 0.3) is 17.1 Å². The van der Waals surface area contributed by atoms with Crippen molar-refractivity contribution in [3.63, 3.8) is 0 Å². The third-order valence-electron chi connectivity index (χ3n) is 4.16. The lowest BCUT2D eigenvalue weighted by atomic mass is 10.2. The molecule has 7 heteroatoms. The maximum atomic E-state index is 12.9. The summed E-state index contributed by atoms with van der Waals surface area (Å²) in [5.41, 5.74) is 2.55. The van der Waals surface area contributed by atoms with E-state index in [0.29, 0.717) is 34.4 Å². The highest BCUT2D eigenvalue weighted by atomic mass is 35.5. The van der Waals surface area contributed by atoms with Gasteiger partial charge in [-0.25, -0.2) is 4.68 Å².